The Morgan fingerprint density at radius 1 is 1.33 bits per heavy atom. The smallest absolute Gasteiger partial charge is 0.407 e. The highest BCUT2D eigenvalue weighted by molar-refractivity contribution is 5.87. The number of fused-ring (bicyclic) bond motifs is 1. The van der Waals surface area contributed by atoms with Crippen molar-refractivity contribution < 1.29 is 18.7 Å². The first kappa shape index (κ1) is 19.3. The molecule has 2 aromatic rings. The molecule has 3 rings (SSSR count). The van der Waals surface area contributed by atoms with Gasteiger partial charge in [-0.05, 0) is 63.4 Å². The Morgan fingerprint density at radius 2 is 2.15 bits per heavy atom. The number of amides is 1. The van der Waals surface area contributed by atoms with Gasteiger partial charge in [-0.15, -0.1) is 0 Å². The Kier molecular flexibility index (Phi) is 5.75. The third-order valence-corrected chi connectivity index (χ3v) is 4.26. The van der Waals surface area contributed by atoms with Crippen molar-refractivity contribution in [1.82, 2.24) is 10.3 Å². The van der Waals surface area contributed by atoms with Crippen LogP contribution in [-0.2, 0) is 9.47 Å². The van der Waals surface area contributed by atoms with E-state index in [1.165, 1.54) is 12.1 Å². The van der Waals surface area contributed by atoms with Gasteiger partial charge in [0.15, 0.2) is 0 Å². The van der Waals surface area contributed by atoms with Gasteiger partial charge < -0.3 is 14.8 Å². The number of benzene rings is 1. The predicted molar refractivity (Wildman–Crippen MR) is 103 cm³/mol. The second-order valence-corrected chi connectivity index (χ2v) is 7.71. The summed E-state index contributed by atoms with van der Waals surface area (Å²) in [5.41, 5.74) is 1.14. The van der Waals surface area contributed by atoms with E-state index >= 15 is 0 Å². The molecule has 1 N–H and O–H groups in total. The van der Waals surface area contributed by atoms with Crippen LogP contribution in [0.3, 0.4) is 0 Å². The number of carbonyl (C=O) groups excluding carboxylic acids is 1. The van der Waals surface area contributed by atoms with Crippen LogP contribution in [0.4, 0.5) is 9.18 Å². The molecule has 2 heterocycles. The second-order valence-electron chi connectivity index (χ2n) is 7.71. The van der Waals surface area contributed by atoms with Gasteiger partial charge >= 0.3 is 6.09 Å². The van der Waals surface area contributed by atoms with Gasteiger partial charge in [0, 0.05) is 11.6 Å². The largest absolute Gasteiger partial charge is 0.444 e. The average Bonchev–Trinajstić information content (AvgIpc) is 2.59. The maximum Gasteiger partial charge on any atom is 0.407 e. The number of rotatable bonds is 3. The van der Waals surface area contributed by atoms with E-state index < -0.39 is 11.7 Å². The third-order valence-electron chi connectivity index (χ3n) is 4.26. The number of alkyl carbamates (subject to hydrolysis) is 1. The lowest BCUT2D eigenvalue weighted by Gasteiger charge is -2.29. The van der Waals surface area contributed by atoms with Crippen molar-refractivity contribution in [3.63, 3.8) is 0 Å². The zero-order valence-corrected chi connectivity index (χ0v) is 15.9. The summed E-state index contributed by atoms with van der Waals surface area (Å²) >= 11 is 0. The van der Waals surface area contributed by atoms with Crippen molar-refractivity contribution in [3.8, 4) is 0 Å². The van der Waals surface area contributed by atoms with Crippen molar-refractivity contribution in [2.75, 3.05) is 6.61 Å². The first-order valence-electron chi connectivity index (χ1n) is 9.14. The minimum absolute atomic E-state index is 0.0431. The number of aromatic nitrogens is 1. The fourth-order valence-electron chi connectivity index (χ4n) is 3.01. The molecule has 1 aromatic carbocycles. The van der Waals surface area contributed by atoms with E-state index in [-0.39, 0.29) is 18.0 Å². The summed E-state index contributed by atoms with van der Waals surface area (Å²) in [6, 6.07) is 6.37. The van der Waals surface area contributed by atoms with Crippen LogP contribution in [0, 0.1) is 5.82 Å². The van der Waals surface area contributed by atoms with Crippen LogP contribution in [-0.4, -0.2) is 35.4 Å². The number of nitrogens with one attached hydrogen (secondary N) is 1. The fraction of sp³-hybridized carbons (Fsp3) is 0.429. The maximum absolute atomic E-state index is 13.5. The van der Waals surface area contributed by atoms with Crippen molar-refractivity contribution in [2.24, 2.45) is 0 Å². The molecule has 1 aromatic heterocycles. The SMILES string of the molecule is CC(C)(C)OC(=O)N[C@@H]1CC[C@@H](C=Cc2ccnc3ccc(F)cc23)OC1. The summed E-state index contributed by atoms with van der Waals surface area (Å²) in [4.78, 5) is 16.1. The Bertz CT molecular complexity index is 837. The van der Waals surface area contributed by atoms with Crippen LogP contribution in [0.1, 0.15) is 39.2 Å². The molecule has 1 aliphatic heterocycles. The van der Waals surface area contributed by atoms with Crippen molar-refractivity contribution in [3.05, 3.63) is 47.9 Å². The molecule has 0 bridgehead atoms. The molecule has 0 saturated carbocycles. The lowest BCUT2D eigenvalue weighted by atomic mass is 10.0. The molecular formula is C21H25FN2O3. The molecule has 1 amide bonds. The molecule has 1 fully saturated rings. The summed E-state index contributed by atoms with van der Waals surface area (Å²) in [5, 5.41) is 3.61. The van der Waals surface area contributed by atoms with Crippen LogP contribution in [0.25, 0.3) is 17.0 Å². The van der Waals surface area contributed by atoms with Gasteiger partial charge in [0.1, 0.15) is 11.4 Å². The Labute approximate surface area is 158 Å². The summed E-state index contributed by atoms with van der Waals surface area (Å²) in [6.45, 7) is 5.93. The molecule has 5 nitrogen and oxygen atoms in total. The fourth-order valence-corrected chi connectivity index (χ4v) is 3.01. The number of nitrogens with zero attached hydrogens (tertiary/aromatic N) is 1. The van der Waals surface area contributed by atoms with E-state index in [0.29, 0.717) is 6.61 Å². The first-order chi connectivity index (χ1) is 12.8. The minimum Gasteiger partial charge on any atom is -0.444 e. The molecule has 6 heteroatoms. The van der Waals surface area contributed by atoms with Crippen molar-refractivity contribution >= 4 is 23.1 Å². The van der Waals surface area contributed by atoms with E-state index in [9.17, 15) is 9.18 Å². The van der Waals surface area contributed by atoms with E-state index in [0.717, 1.165) is 29.3 Å². The number of ether oxygens (including phenoxy) is 2. The normalized spacial score (nSPS) is 20.7. The number of halogens is 1. The molecule has 144 valence electrons. The summed E-state index contributed by atoms with van der Waals surface area (Å²) < 4.78 is 24.6. The van der Waals surface area contributed by atoms with Crippen molar-refractivity contribution in [2.45, 2.75) is 51.4 Å². The highest BCUT2D eigenvalue weighted by Gasteiger charge is 2.24. The highest BCUT2D eigenvalue weighted by atomic mass is 19.1. The number of hydrogen-bond donors (Lipinski definition) is 1. The molecule has 0 aliphatic carbocycles. The quantitative estimate of drug-likeness (QED) is 0.864. The minimum atomic E-state index is -0.516. The molecule has 0 spiro atoms. The lowest BCUT2D eigenvalue weighted by Crippen LogP contribution is -2.44. The van der Waals surface area contributed by atoms with Gasteiger partial charge in [-0.1, -0.05) is 12.2 Å². The molecule has 0 unspecified atom stereocenters. The monoisotopic (exact) mass is 372 g/mol. The van der Waals surface area contributed by atoms with E-state index in [1.807, 2.05) is 39.0 Å². The van der Waals surface area contributed by atoms with Gasteiger partial charge in [0.2, 0.25) is 0 Å². The van der Waals surface area contributed by atoms with Crippen LogP contribution >= 0.6 is 0 Å². The number of pyridine rings is 1. The zero-order valence-electron chi connectivity index (χ0n) is 15.9. The van der Waals surface area contributed by atoms with Crippen LogP contribution < -0.4 is 5.32 Å². The van der Waals surface area contributed by atoms with Gasteiger partial charge in [-0.2, -0.15) is 0 Å². The number of carbonyl (C=O) groups is 1. The van der Waals surface area contributed by atoms with Crippen LogP contribution in [0.2, 0.25) is 0 Å². The highest BCUT2D eigenvalue weighted by Crippen LogP contribution is 2.21. The summed E-state index contributed by atoms with van der Waals surface area (Å²) in [7, 11) is 0. The lowest BCUT2D eigenvalue weighted by molar-refractivity contribution is 0.0136. The molecule has 1 saturated heterocycles. The first-order valence-corrected chi connectivity index (χ1v) is 9.14. The van der Waals surface area contributed by atoms with Gasteiger partial charge in [-0.3, -0.25) is 4.98 Å². The number of hydrogen-bond acceptors (Lipinski definition) is 4. The summed E-state index contributed by atoms with van der Waals surface area (Å²) in [5.74, 6) is -0.282. The Morgan fingerprint density at radius 3 is 2.85 bits per heavy atom. The third kappa shape index (κ3) is 5.50. The van der Waals surface area contributed by atoms with Crippen molar-refractivity contribution in [1.29, 1.82) is 0 Å². The van der Waals surface area contributed by atoms with Gasteiger partial charge in [0.25, 0.3) is 0 Å². The van der Waals surface area contributed by atoms with Crippen LogP contribution in [0.15, 0.2) is 36.5 Å². The molecule has 27 heavy (non-hydrogen) atoms. The molecular weight excluding hydrogens is 347 g/mol. The topological polar surface area (TPSA) is 60.5 Å². The van der Waals surface area contributed by atoms with Gasteiger partial charge in [-0.25, -0.2) is 9.18 Å². The predicted octanol–water partition coefficient (Wildman–Crippen LogP) is 4.46. The molecule has 0 radical (unpaired) electrons. The molecule has 1 aliphatic rings. The second kappa shape index (κ2) is 8.05. The Hall–Kier alpha value is -2.47. The molecule has 2 atom stereocenters. The van der Waals surface area contributed by atoms with E-state index in [4.69, 9.17) is 9.47 Å². The standard InChI is InChI=1S/C21H25FN2O3/c1-21(2,3)27-20(25)24-16-6-8-17(26-13-16)7-4-14-10-11-23-19-9-5-15(22)12-18(14)19/h4-5,7,9-12,16-17H,6,8,13H2,1-3H3,(H,24,25)/t16-,17-/m1/s1. The average molecular weight is 372 g/mol. The van der Waals surface area contributed by atoms with E-state index in [2.05, 4.69) is 10.3 Å². The van der Waals surface area contributed by atoms with E-state index in [1.54, 1.807) is 12.3 Å². The summed E-state index contributed by atoms with van der Waals surface area (Å²) in [6.07, 6.45) is 6.75. The van der Waals surface area contributed by atoms with Crippen LogP contribution in [0.5, 0.6) is 0 Å². The maximum atomic E-state index is 13.5. The zero-order chi connectivity index (χ0) is 19.4. The van der Waals surface area contributed by atoms with Gasteiger partial charge in [0.05, 0.1) is 24.3 Å². The Balaban J connectivity index is 1.57.